The van der Waals surface area contributed by atoms with E-state index in [0.717, 1.165) is 56.3 Å². The topological polar surface area (TPSA) is 13.1 Å². The first-order valence-corrected chi connectivity index (χ1v) is 18.1. The standard InChI is InChI=1S/C48H36O/c1-3-11-37-29(7-1)16-18-34-25-43-32(24-44(34)37)10-6-13-39(43)35-19-21-41-42-22-20-36(27-48(42)49-47(41)26-35)40-14-5-9-31-23-33-17-15-30-8-2-4-12-38(30)46(33)28-45(31)40/h1,3-5,7,9-10,12,14-19,21,23-28,37H,2,6,8,11,13,20,22H2. The van der Waals surface area contributed by atoms with Crippen LogP contribution < -0.4 is 10.4 Å². The molecule has 1 aromatic heterocycles. The van der Waals surface area contributed by atoms with E-state index in [4.69, 9.17) is 4.42 Å². The summed E-state index contributed by atoms with van der Waals surface area (Å²) in [4.78, 5) is 0. The second-order valence-corrected chi connectivity index (χ2v) is 14.5. The van der Waals surface area contributed by atoms with Gasteiger partial charge in [-0.2, -0.15) is 0 Å². The average molecular weight is 629 g/mol. The van der Waals surface area contributed by atoms with Gasteiger partial charge >= 0.3 is 0 Å². The monoisotopic (exact) mass is 628 g/mol. The van der Waals surface area contributed by atoms with Gasteiger partial charge in [-0.05, 0) is 157 Å². The van der Waals surface area contributed by atoms with Crippen LogP contribution in [0.4, 0.5) is 0 Å². The molecule has 0 spiro atoms. The minimum atomic E-state index is 0.480. The molecule has 0 radical (unpaired) electrons. The first-order chi connectivity index (χ1) is 24.2. The van der Waals surface area contributed by atoms with Gasteiger partial charge in [-0.3, -0.25) is 0 Å². The summed E-state index contributed by atoms with van der Waals surface area (Å²) in [5.74, 6) is 1.51. The normalized spacial score (nSPS) is 18.8. The van der Waals surface area contributed by atoms with Crippen molar-refractivity contribution in [3.8, 4) is 0 Å². The molecule has 234 valence electrons. The lowest BCUT2D eigenvalue weighted by atomic mass is 9.78. The van der Waals surface area contributed by atoms with E-state index in [2.05, 4.69) is 127 Å². The number of allylic oxidation sites excluding steroid dienone is 7. The van der Waals surface area contributed by atoms with Crippen LogP contribution in [0, 0.1) is 0 Å². The number of hydrogen-bond donors (Lipinski definition) is 0. The maximum atomic E-state index is 6.74. The zero-order valence-electron chi connectivity index (χ0n) is 27.6. The van der Waals surface area contributed by atoms with Crippen LogP contribution in [0.2, 0.25) is 0 Å². The zero-order valence-corrected chi connectivity index (χ0v) is 27.6. The fourth-order valence-electron chi connectivity index (χ4n) is 9.38. The molecule has 0 saturated heterocycles. The Hall–Kier alpha value is -5.40. The number of benzene rings is 5. The van der Waals surface area contributed by atoms with E-state index >= 15 is 0 Å². The van der Waals surface area contributed by atoms with Crippen LogP contribution in [-0.4, -0.2) is 0 Å². The summed E-state index contributed by atoms with van der Waals surface area (Å²) in [5.41, 5.74) is 14.9. The summed E-state index contributed by atoms with van der Waals surface area (Å²) in [5, 5.41) is 9.36. The summed E-state index contributed by atoms with van der Waals surface area (Å²) in [6.45, 7) is 0. The van der Waals surface area contributed by atoms with Crippen LogP contribution in [0.1, 0.15) is 82.7 Å². The largest absolute Gasteiger partial charge is 0.456 e. The third kappa shape index (κ3) is 4.25. The minimum absolute atomic E-state index is 0.480. The number of furan rings is 1. The number of fused-ring (bicyclic) bond motifs is 11. The van der Waals surface area contributed by atoms with Crippen LogP contribution in [0.5, 0.6) is 0 Å². The Balaban J connectivity index is 1.01. The molecule has 0 fully saturated rings. The molecule has 0 bridgehead atoms. The average Bonchev–Trinajstić information content (AvgIpc) is 3.53. The van der Waals surface area contributed by atoms with Gasteiger partial charge in [0.15, 0.2) is 0 Å². The van der Waals surface area contributed by atoms with Crippen molar-refractivity contribution in [2.75, 3.05) is 0 Å². The van der Waals surface area contributed by atoms with Gasteiger partial charge in [0.2, 0.25) is 0 Å². The van der Waals surface area contributed by atoms with E-state index in [1.807, 2.05) is 0 Å². The SMILES string of the molecule is C1=CCC2C(=C1)C=Cc1cc3c(cc12)=CCCC=3c1ccc2c3c(oc2c1)C=C(c1cccc2cc4ccc5c(c4cc12)C=CCC5)CC3. The summed E-state index contributed by atoms with van der Waals surface area (Å²) in [6.07, 6.45) is 28.3. The van der Waals surface area contributed by atoms with Crippen molar-refractivity contribution in [3.63, 3.8) is 0 Å². The first-order valence-electron chi connectivity index (χ1n) is 18.1. The molecule has 1 heterocycles. The third-order valence-electron chi connectivity index (χ3n) is 11.9. The highest BCUT2D eigenvalue weighted by Gasteiger charge is 2.24. The minimum Gasteiger partial charge on any atom is -0.456 e. The maximum absolute atomic E-state index is 6.74. The molecule has 0 amide bonds. The molecular formula is C48H36O. The van der Waals surface area contributed by atoms with Crippen molar-refractivity contribution in [1.29, 1.82) is 0 Å². The van der Waals surface area contributed by atoms with Crippen molar-refractivity contribution in [2.45, 2.75) is 50.9 Å². The summed E-state index contributed by atoms with van der Waals surface area (Å²) in [7, 11) is 0. The van der Waals surface area contributed by atoms with Gasteiger partial charge in [0, 0.05) is 16.9 Å². The highest BCUT2D eigenvalue weighted by Crippen LogP contribution is 2.41. The van der Waals surface area contributed by atoms with Crippen molar-refractivity contribution < 1.29 is 4.42 Å². The first kappa shape index (κ1) is 27.5. The maximum Gasteiger partial charge on any atom is 0.135 e. The highest BCUT2D eigenvalue weighted by atomic mass is 16.3. The van der Waals surface area contributed by atoms with Gasteiger partial charge < -0.3 is 4.42 Å². The van der Waals surface area contributed by atoms with Crippen LogP contribution in [0.3, 0.4) is 0 Å². The van der Waals surface area contributed by atoms with E-state index in [1.165, 1.54) is 93.0 Å². The fourth-order valence-corrected chi connectivity index (χ4v) is 9.38. The predicted molar refractivity (Wildman–Crippen MR) is 207 cm³/mol. The summed E-state index contributed by atoms with van der Waals surface area (Å²) < 4.78 is 6.74. The van der Waals surface area contributed by atoms with Crippen LogP contribution in [0.15, 0.2) is 113 Å². The Labute approximate surface area is 286 Å². The van der Waals surface area contributed by atoms with E-state index in [1.54, 1.807) is 0 Å². The highest BCUT2D eigenvalue weighted by molar-refractivity contribution is 6.07. The quantitative estimate of drug-likeness (QED) is 0.174. The molecule has 11 rings (SSSR count). The van der Waals surface area contributed by atoms with E-state index in [9.17, 15) is 0 Å². The van der Waals surface area contributed by atoms with Crippen molar-refractivity contribution in [2.24, 2.45) is 0 Å². The molecule has 5 aliphatic carbocycles. The molecule has 5 aromatic carbocycles. The molecule has 0 saturated carbocycles. The van der Waals surface area contributed by atoms with Gasteiger partial charge in [0.1, 0.15) is 11.3 Å². The van der Waals surface area contributed by atoms with E-state index < -0.39 is 0 Å². The van der Waals surface area contributed by atoms with Gasteiger partial charge in [0.25, 0.3) is 0 Å². The smallest absolute Gasteiger partial charge is 0.135 e. The number of aryl methyl sites for hydroxylation is 2. The fraction of sp³-hybridized carbons (Fsp3) is 0.167. The Morgan fingerprint density at radius 3 is 2.69 bits per heavy atom. The number of hydrogen-bond acceptors (Lipinski definition) is 1. The predicted octanol–water partition coefficient (Wildman–Crippen LogP) is 11.0. The molecule has 1 nitrogen and oxygen atoms in total. The van der Waals surface area contributed by atoms with Gasteiger partial charge in [-0.1, -0.05) is 97.1 Å². The lowest BCUT2D eigenvalue weighted by Gasteiger charge is -2.26. The molecule has 0 N–H and O–H groups in total. The zero-order chi connectivity index (χ0) is 32.1. The van der Waals surface area contributed by atoms with Crippen LogP contribution in [-0.2, 0) is 12.8 Å². The second-order valence-electron chi connectivity index (χ2n) is 14.5. The molecule has 1 atom stereocenters. The van der Waals surface area contributed by atoms with Crippen LogP contribution in [0.25, 0.3) is 68.0 Å². The molecule has 0 aliphatic heterocycles. The van der Waals surface area contributed by atoms with E-state index in [-0.39, 0.29) is 0 Å². The Bertz CT molecular complexity index is 2730. The van der Waals surface area contributed by atoms with Gasteiger partial charge in [-0.15, -0.1) is 0 Å². The molecule has 5 aliphatic rings. The number of rotatable bonds is 2. The van der Waals surface area contributed by atoms with Gasteiger partial charge in [-0.25, -0.2) is 0 Å². The summed E-state index contributed by atoms with van der Waals surface area (Å²) >= 11 is 0. The van der Waals surface area contributed by atoms with E-state index in [0.29, 0.717) is 5.92 Å². The molecule has 6 aromatic rings. The molecule has 49 heavy (non-hydrogen) atoms. The van der Waals surface area contributed by atoms with Gasteiger partial charge in [0.05, 0.1) is 0 Å². The Kier molecular flexibility index (Phi) is 5.93. The molecule has 1 heteroatoms. The van der Waals surface area contributed by atoms with Crippen LogP contribution >= 0.6 is 0 Å². The lowest BCUT2D eigenvalue weighted by Crippen LogP contribution is -2.32. The molecule has 1 unspecified atom stereocenters. The van der Waals surface area contributed by atoms with Crippen molar-refractivity contribution >= 4 is 68.0 Å². The third-order valence-corrected chi connectivity index (χ3v) is 11.9. The Morgan fingerprint density at radius 1 is 0.714 bits per heavy atom. The lowest BCUT2D eigenvalue weighted by molar-refractivity contribution is 0.596. The van der Waals surface area contributed by atoms with Crippen molar-refractivity contribution in [1.82, 2.24) is 0 Å². The Morgan fingerprint density at radius 2 is 1.69 bits per heavy atom. The van der Waals surface area contributed by atoms with Crippen molar-refractivity contribution in [3.05, 3.63) is 164 Å². The summed E-state index contributed by atoms with van der Waals surface area (Å²) in [6, 6.07) is 28.1. The second kappa shape index (κ2) is 10.5. The molecular weight excluding hydrogens is 593 g/mol.